The molecule has 8 aliphatic carbocycles. The molecule has 0 saturated heterocycles. The molecular weight excluding hydrogens is 472 g/mol. The van der Waals surface area contributed by atoms with Gasteiger partial charge in [-0.2, -0.15) is 0 Å². The van der Waals surface area contributed by atoms with Crippen LogP contribution >= 0.6 is 0 Å². The van der Waals surface area contributed by atoms with Crippen molar-refractivity contribution in [3.8, 4) is 0 Å². The molecule has 0 spiro atoms. The van der Waals surface area contributed by atoms with Gasteiger partial charge >= 0.3 is 11.9 Å². The Balaban J connectivity index is 1.25. The van der Waals surface area contributed by atoms with E-state index in [0.717, 1.165) is 23.7 Å². The van der Waals surface area contributed by atoms with E-state index >= 15 is 0 Å². The summed E-state index contributed by atoms with van der Waals surface area (Å²) in [5.74, 6) is 3.63. The van der Waals surface area contributed by atoms with Crippen molar-refractivity contribution in [2.75, 3.05) is 13.2 Å². The molecule has 4 unspecified atom stereocenters. The zero-order chi connectivity index (χ0) is 26.8. The summed E-state index contributed by atoms with van der Waals surface area (Å²) in [5, 5.41) is 0. The summed E-state index contributed by atoms with van der Waals surface area (Å²) in [7, 11) is 0. The maximum Gasteiger partial charge on any atom is 0.330 e. The van der Waals surface area contributed by atoms with E-state index < -0.39 is 0 Å². The van der Waals surface area contributed by atoms with Crippen LogP contribution in [-0.2, 0) is 19.1 Å². The van der Waals surface area contributed by atoms with Crippen molar-refractivity contribution in [1.82, 2.24) is 0 Å². The summed E-state index contributed by atoms with van der Waals surface area (Å²) in [6.07, 6.45) is 24.1. The van der Waals surface area contributed by atoms with Crippen molar-refractivity contribution in [2.24, 2.45) is 57.2 Å². The second-order valence-corrected chi connectivity index (χ2v) is 15.9. The zero-order valence-corrected chi connectivity index (χ0v) is 24.3. The molecule has 0 N–H and O–H groups in total. The molecule has 8 bridgehead atoms. The molecule has 38 heavy (non-hydrogen) atoms. The summed E-state index contributed by atoms with van der Waals surface area (Å²) < 4.78 is 11.0. The molecule has 210 valence electrons. The predicted molar refractivity (Wildman–Crippen MR) is 149 cm³/mol. The molecule has 0 aliphatic heterocycles. The van der Waals surface area contributed by atoms with Gasteiger partial charge in [0.1, 0.15) is 0 Å². The fourth-order valence-electron chi connectivity index (χ4n) is 11.4. The minimum atomic E-state index is -0.160. The number of esters is 2. The molecule has 4 heteroatoms. The minimum absolute atomic E-state index is 0.160. The SMILES string of the molecule is CC(C)COC(=O)C=CC12CC3CC(C1)CC(C14CC5CC(CC(C=CC(=O)OCC(C)C)(C5)C1)C4)(C3)C2. The van der Waals surface area contributed by atoms with Gasteiger partial charge in [0.15, 0.2) is 0 Å². The van der Waals surface area contributed by atoms with Gasteiger partial charge in [-0.3, -0.25) is 0 Å². The number of allylic oxidation sites excluding steroid dienone is 2. The summed E-state index contributed by atoms with van der Waals surface area (Å²) >= 11 is 0. The van der Waals surface area contributed by atoms with Gasteiger partial charge in [0.2, 0.25) is 0 Å². The largest absolute Gasteiger partial charge is 0.462 e. The van der Waals surface area contributed by atoms with E-state index in [0.29, 0.717) is 35.9 Å². The lowest BCUT2D eigenvalue weighted by molar-refractivity contribution is -0.223. The second kappa shape index (κ2) is 9.51. The van der Waals surface area contributed by atoms with E-state index in [1.54, 1.807) is 12.2 Å². The number of ether oxygens (including phenoxy) is 2. The standard InChI is InChI=1S/C34H50O4/c1-23(2)19-37-29(35)5-7-31-11-25-9-26(12-31)16-33(15-25,21-31)34-17-27-10-28(18-34)14-32(13-27,22-34)8-6-30(36)38-20-24(3)4/h5-8,23-28H,9-22H2,1-4H3. The van der Waals surface area contributed by atoms with Crippen LogP contribution in [0.15, 0.2) is 24.3 Å². The third-order valence-corrected chi connectivity index (χ3v) is 11.6. The molecule has 0 radical (unpaired) electrons. The molecule has 8 aliphatic rings. The van der Waals surface area contributed by atoms with Crippen LogP contribution in [0, 0.1) is 57.2 Å². The maximum atomic E-state index is 12.5. The van der Waals surface area contributed by atoms with Crippen LogP contribution in [-0.4, -0.2) is 25.2 Å². The van der Waals surface area contributed by atoms with Crippen molar-refractivity contribution in [2.45, 2.75) is 105 Å². The Bertz CT molecular complexity index is 894. The van der Waals surface area contributed by atoms with Crippen molar-refractivity contribution < 1.29 is 19.1 Å². The first kappa shape index (κ1) is 26.6. The van der Waals surface area contributed by atoms with Gasteiger partial charge in [-0.05, 0) is 134 Å². The van der Waals surface area contributed by atoms with E-state index in [4.69, 9.17) is 9.47 Å². The van der Waals surface area contributed by atoms with Crippen molar-refractivity contribution in [3.05, 3.63) is 24.3 Å². The van der Waals surface area contributed by atoms with Gasteiger partial charge < -0.3 is 9.47 Å². The molecule has 8 saturated carbocycles. The first-order chi connectivity index (χ1) is 18.0. The number of rotatable bonds is 9. The Morgan fingerprint density at radius 2 is 0.974 bits per heavy atom. The third kappa shape index (κ3) is 4.81. The lowest BCUT2D eigenvalue weighted by Crippen LogP contribution is -2.64. The summed E-state index contributed by atoms with van der Waals surface area (Å²) in [6, 6.07) is 0. The molecule has 8 fully saturated rings. The van der Waals surface area contributed by atoms with Crippen LogP contribution in [0.3, 0.4) is 0 Å². The average Bonchev–Trinajstić information content (AvgIpc) is 2.82. The molecule has 4 nitrogen and oxygen atoms in total. The van der Waals surface area contributed by atoms with Crippen LogP contribution in [0.25, 0.3) is 0 Å². The molecule has 0 heterocycles. The van der Waals surface area contributed by atoms with Crippen LogP contribution in [0.2, 0.25) is 0 Å². The highest BCUT2D eigenvalue weighted by Crippen LogP contribution is 2.78. The maximum absolute atomic E-state index is 12.5. The van der Waals surface area contributed by atoms with Gasteiger partial charge in [-0.25, -0.2) is 9.59 Å². The quantitative estimate of drug-likeness (QED) is 0.230. The van der Waals surface area contributed by atoms with Crippen LogP contribution in [0.1, 0.15) is 105 Å². The van der Waals surface area contributed by atoms with Crippen molar-refractivity contribution in [1.29, 1.82) is 0 Å². The average molecular weight is 523 g/mol. The zero-order valence-electron chi connectivity index (χ0n) is 24.3. The van der Waals surface area contributed by atoms with Crippen molar-refractivity contribution >= 4 is 11.9 Å². The summed E-state index contributed by atoms with van der Waals surface area (Å²) in [5.41, 5.74) is 1.15. The first-order valence-electron chi connectivity index (χ1n) is 15.7. The van der Waals surface area contributed by atoms with Crippen LogP contribution < -0.4 is 0 Å². The Kier molecular flexibility index (Phi) is 6.67. The number of carbonyl (C=O) groups excluding carboxylic acids is 2. The number of hydrogen-bond acceptors (Lipinski definition) is 4. The predicted octanol–water partition coefficient (Wildman–Crippen LogP) is 7.67. The lowest BCUT2D eigenvalue weighted by Gasteiger charge is -2.73. The van der Waals surface area contributed by atoms with Gasteiger partial charge in [0, 0.05) is 12.2 Å². The summed E-state index contributed by atoms with van der Waals surface area (Å²) in [4.78, 5) is 25.1. The highest BCUT2D eigenvalue weighted by Gasteiger charge is 2.69. The van der Waals surface area contributed by atoms with Gasteiger partial charge in [-0.15, -0.1) is 0 Å². The normalized spacial score (nSPS) is 44.7. The van der Waals surface area contributed by atoms with Crippen LogP contribution in [0.5, 0.6) is 0 Å². The molecule has 4 atom stereocenters. The number of carbonyl (C=O) groups is 2. The Morgan fingerprint density at radius 3 is 1.29 bits per heavy atom. The first-order valence-corrected chi connectivity index (χ1v) is 15.7. The Morgan fingerprint density at radius 1 is 0.632 bits per heavy atom. The van der Waals surface area contributed by atoms with E-state index in [9.17, 15) is 9.59 Å². The van der Waals surface area contributed by atoms with Gasteiger partial charge in [-0.1, -0.05) is 39.8 Å². The lowest BCUT2D eigenvalue weighted by atomic mass is 9.31. The molecule has 0 aromatic rings. The number of hydrogen-bond donors (Lipinski definition) is 0. The van der Waals surface area contributed by atoms with Crippen molar-refractivity contribution in [3.63, 3.8) is 0 Å². The van der Waals surface area contributed by atoms with E-state index in [-0.39, 0.29) is 22.8 Å². The highest BCUT2D eigenvalue weighted by atomic mass is 16.5. The Hall–Kier alpha value is -1.58. The molecule has 0 amide bonds. The van der Waals surface area contributed by atoms with Gasteiger partial charge in [0.25, 0.3) is 0 Å². The molecule has 0 aromatic carbocycles. The highest BCUT2D eigenvalue weighted by molar-refractivity contribution is 5.82. The van der Waals surface area contributed by atoms with Crippen LogP contribution in [0.4, 0.5) is 0 Å². The second-order valence-electron chi connectivity index (χ2n) is 15.9. The Labute approximate surface area is 230 Å². The topological polar surface area (TPSA) is 52.6 Å². The summed E-state index contributed by atoms with van der Waals surface area (Å²) in [6.45, 7) is 9.34. The minimum Gasteiger partial charge on any atom is -0.462 e. The smallest absolute Gasteiger partial charge is 0.330 e. The molecule has 0 aromatic heterocycles. The monoisotopic (exact) mass is 522 g/mol. The fraction of sp³-hybridized carbons (Fsp3) is 0.824. The van der Waals surface area contributed by atoms with E-state index in [1.165, 1.54) is 77.0 Å². The fourth-order valence-corrected chi connectivity index (χ4v) is 11.4. The third-order valence-electron chi connectivity index (χ3n) is 11.6. The van der Waals surface area contributed by atoms with E-state index in [1.807, 2.05) is 0 Å². The van der Waals surface area contributed by atoms with E-state index in [2.05, 4.69) is 39.8 Å². The molecular formula is C34H50O4. The van der Waals surface area contributed by atoms with Gasteiger partial charge in [0.05, 0.1) is 13.2 Å². The molecule has 8 rings (SSSR count).